The maximum absolute atomic E-state index is 12.1. The fourth-order valence-corrected chi connectivity index (χ4v) is 2.83. The zero-order valence-corrected chi connectivity index (χ0v) is 13.5. The third-order valence-electron chi connectivity index (χ3n) is 4.12. The normalized spacial score (nSPS) is 16.7. The minimum Gasteiger partial charge on any atom is -0.497 e. The monoisotopic (exact) mass is 325 g/mol. The SMILES string of the molecule is COc1ccc(-n2cnc(NC(=O)C[C@H]3CCN(C#N)C3)c2)cc1. The van der Waals surface area contributed by atoms with E-state index in [9.17, 15) is 4.79 Å². The van der Waals surface area contributed by atoms with Crippen LogP contribution in [-0.4, -0.2) is 40.6 Å². The van der Waals surface area contributed by atoms with Crippen LogP contribution in [0.5, 0.6) is 5.75 Å². The molecule has 1 fully saturated rings. The van der Waals surface area contributed by atoms with Gasteiger partial charge in [-0.25, -0.2) is 4.98 Å². The molecule has 2 heterocycles. The number of hydrogen-bond donors (Lipinski definition) is 1. The first-order chi connectivity index (χ1) is 11.7. The van der Waals surface area contributed by atoms with Crippen molar-refractivity contribution in [3.8, 4) is 17.6 Å². The number of nitriles is 1. The van der Waals surface area contributed by atoms with E-state index in [0.717, 1.165) is 24.4 Å². The molecule has 0 unspecified atom stereocenters. The summed E-state index contributed by atoms with van der Waals surface area (Å²) in [5.74, 6) is 1.47. The van der Waals surface area contributed by atoms with E-state index in [4.69, 9.17) is 10.00 Å². The minimum absolute atomic E-state index is 0.0697. The average molecular weight is 325 g/mol. The summed E-state index contributed by atoms with van der Waals surface area (Å²) in [4.78, 5) is 18.0. The van der Waals surface area contributed by atoms with Gasteiger partial charge in [-0.15, -0.1) is 0 Å². The molecule has 1 atom stereocenters. The standard InChI is InChI=1S/C17H19N5O2/c1-24-15-4-2-14(3-5-15)22-10-16(19-12-22)20-17(23)8-13-6-7-21(9-13)11-18/h2-5,10,12-13H,6-9H2,1H3,(H,20,23)/t13-/m1/s1. The van der Waals surface area contributed by atoms with Gasteiger partial charge in [0.2, 0.25) is 5.91 Å². The second kappa shape index (κ2) is 7.04. The molecule has 24 heavy (non-hydrogen) atoms. The molecule has 1 saturated heterocycles. The molecule has 3 rings (SSSR count). The van der Waals surface area contributed by atoms with Crippen molar-refractivity contribution in [2.45, 2.75) is 12.8 Å². The number of imidazole rings is 1. The van der Waals surface area contributed by atoms with E-state index in [1.807, 2.05) is 28.8 Å². The van der Waals surface area contributed by atoms with E-state index in [1.165, 1.54) is 0 Å². The first-order valence-electron chi connectivity index (χ1n) is 7.81. The highest BCUT2D eigenvalue weighted by molar-refractivity contribution is 5.89. The van der Waals surface area contributed by atoms with Gasteiger partial charge in [-0.2, -0.15) is 5.26 Å². The van der Waals surface area contributed by atoms with Gasteiger partial charge in [-0.1, -0.05) is 0 Å². The molecule has 7 nitrogen and oxygen atoms in total. The van der Waals surface area contributed by atoms with E-state index in [1.54, 1.807) is 24.5 Å². The van der Waals surface area contributed by atoms with Gasteiger partial charge in [0.05, 0.1) is 13.3 Å². The van der Waals surface area contributed by atoms with Crippen molar-refractivity contribution in [1.29, 1.82) is 5.26 Å². The van der Waals surface area contributed by atoms with E-state index in [2.05, 4.69) is 16.5 Å². The van der Waals surface area contributed by atoms with Gasteiger partial charge in [-0.3, -0.25) is 4.79 Å². The Morgan fingerprint density at radius 2 is 2.25 bits per heavy atom. The second-order valence-corrected chi connectivity index (χ2v) is 5.82. The van der Waals surface area contributed by atoms with Crippen LogP contribution in [0, 0.1) is 17.4 Å². The average Bonchev–Trinajstić information content (AvgIpc) is 3.24. The van der Waals surface area contributed by atoms with Gasteiger partial charge < -0.3 is 19.5 Å². The number of anilines is 1. The van der Waals surface area contributed by atoms with Gasteiger partial charge in [0.15, 0.2) is 12.0 Å². The Hall–Kier alpha value is -3.01. The summed E-state index contributed by atoms with van der Waals surface area (Å²) in [6, 6.07) is 7.57. The van der Waals surface area contributed by atoms with Crippen molar-refractivity contribution in [2.24, 2.45) is 5.92 Å². The lowest BCUT2D eigenvalue weighted by Crippen LogP contribution is -2.19. The Morgan fingerprint density at radius 3 is 2.92 bits per heavy atom. The number of carbonyl (C=O) groups excluding carboxylic acids is 1. The number of ether oxygens (including phenoxy) is 1. The summed E-state index contributed by atoms with van der Waals surface area (Å²) in [6.45, 7) is 1.39. The van der Waals surface area contributed by atoms with E-state index < -0.39 is 0 Å². The number of benzene rings is 1. The summed E-state index contributed by atoms with van der Waals surface area (Å²) in [5, 5.41) is 11.7. The number of carbonyl (C=O) groups is 1. The number of amides is 1. The molecular weight excluding hydrogens is 306 g/mol. The largest absolute Gasteiger partial charge is 0.497 e. The lowest BCUT2D eigenvalue weighted by molar-refractivity contribution is -0.117. The Balaban J connectivity index is 1.57. The highest BCUT2D eigenvalue weighted by Crippen LogP contribution is 2.20. The van der Waals surface area contributed by atoms with Crippen LogP contribution in [0.3, 0.4) is 0 Å². The highest BCUT2D eigenvalue weighted by atomic mass is 16.5. The van der Waals surface area contributed by atoms with Crippen LogP contribution in [0.1, 0.15) is 12.8 Å². The number of nitrogens with zero attached hydrogens (tertiary/aromatic N) is 4. The van der Waals surface area contributed by atoms with Gasteiger partial charge in [0.1, 0.15) is 12.1 Å². The molecular formula is C17H19N5O2. The van der Waals surface area contributed by atoms with Crippen molar-refractivity contribution in [1.82, 2.24) is 14.5 Å². The molecule has 0 radical (unpaired) electrons. The van der Waals surface area contributed by atoms with E-state index >= 15 is 0 Å². The number of hydrogen-bond acceptors (Lipinski definition) is 5. The van der Waals surface area contributed by atoms with Crippen LogP contribution in [-0.2, 0) is 4.79 Å². The fraction of sp³-hybridized carbons (Fsp3) is 0.353. The lowest BCUT2D eigenvalue weighted by Gasteiger charge is -2.08. The molecule has 1 aliphatic heterocycles. The fourth-order valence-electron chi connectivity index (χ4n) is 2.83. The Labute approximate surface area is 140 Å². The molecule has 1 aromatic carbocycles. The van der Waals surface area contributed by atoms with Gasteiger partial charge in [0.25, 0.3) is 0 Å². The number of methoxy groups -OCH3 is 1. The van der Waals surface area contributed by atoms with Crippen molar-refractivity contribution in [3.63, 3.8) is 0 Å². The first kappa shape index (κ1) is 15.9. The Morgan fingerprint density at radius 1 is 1.46 bits per heavy atom. The van der Waals surface area contributed by atoms with Crippen molar-refractivity contribution < 1.29 is 9.53 Å². The summed E-state index contributed by atoms with van der Waals surface area (Å²) >= 11 is 0. The highest BCUT2D eigenvalue weighted by Gasteiger charge is 2.24. The number of aromatic nitrogens is 2. The molecule has 0 bridgehead atoms. The Bertz CT molecular complexity index is 747. The third-order valence-corrected chi connectivity index (χ3v) is 4.12. The smallest absolute Gasteiger partial charge is 0.225 e. The molecule has 1 aromatic heterocycles. The van der Waals surface area contributed by atoms with Gasteiger partial charge >= 0.3 is 0 Å². The van der Waals surface area contributed by atoms with E-state index in [-0.39, 0.29) is 11.8 Å². The molecule has 7 heteroatoms. The lowest BCUT2D eigenvalue weighted by atomic mass is 10.0. The molecule has 124 valence electrons. The van der Waals surface area contributed by atoms with Crippen LogP contribution in [0.2, 0.25) is 0 Å². The zero-order valence-electron chi connectivity index (χ0n) is 13.5. The van der Waals surface area contributed by atoms with Crippen molar-refractivity contribution >= 4 is 11.7 Å². The summed E-state index contributed by atoms with van der Waals surface area (Å²) in [7, 11) is 1.63. The predicted octanol–water partition coefficient (Wildman–Crippen LogP) is 2.01. The molecule has 1 aliphatic rings. The molecule has 0 aliphatic carbocycles. The van der Waals surface area contributed by atoms with Crippen LogP contribution in [0.25, 0.3) is 5.69 Å². The molecule has 1 N–H and O–H groups in total. The van der Waals surface area contributed by atoms with Crippen molar-refractivity contribution in [3.05, 3.63) is 36.8 Å². The first-order valence-corrected chi connectivity index (χ1v) is 7.81. The third kappa shape index (κ3) is 3.66. The molecule has 1 amide bonds. The number of rotatable bonds is 5. The van der Waals surface area contributed by atoms with Crippen LogP contribution in [0.4, 0.5) is 5.82 Å². The maximum Gasteiger partial charge on any atom is 0.225 e. The van der Waals surface area contributed by atoms with Crippen LogP contribution in [0.15, 0.2) is 36.8 Å². The summed E-state index contributed by atoms with van der Waals surface area (Å²) < 4.78 is 6.97. The summed E-state index contributed by atoms with van der Waals surface area (Å²) in [5.41, 5.74) is 0.934. The number of nitrogens with one attached hydrogen (secondary N) is 1. The minimum atomic E-state index is -0.0697. The Kier molecular flexibility index (Phi) is 4.66. The van der Waals surface area contributed by atoms with Gasteiger partial charge in [-0.05, 0) is 36.6 Å². The summed E-state index contributed by atoms with van der Waals surface area (Å²) in [6.07, 6.45) is 6.84. The predicted molar refractivity (Wildman–Crippen MR) is 88.7 cm³/mol. The number of likely N-dealkylation sites (tertiary alicyclic amines) is 1. The topological polar surface area (TPSA) is 83.2 Å². The van der Waals surface area contributed by atoms with Crippen LogP contribution >= 0.6 is 0 Å². The van der Waals surface area contributed by atoms with Crippen LogP contribution < -0.4 is 10.1 Å². The molecule has 0 spiro atoms. The van der Waals surface area contributed by atoms with Gasteiger partial charge in [0, 0.05) is 25.2 Å². The second-order valence-electron chi connectivity index (χ2n) is 5.82. The molecule has 2 aromatic rings. The van der Waals surface area contributed by atoms with Crippen molar-refractivity contribution in [2.75, 3.05) is 25.5 Å². The quantitative estimate of drug-likeness (QED) is 0.850. The maximum atomic E-state index is 12.1. The van der Waals surface area contributed by atoms with E-state index in [0.29, 0.717) is 18.8 Å². The zero-order chi connectivity index (χ0) is 16.9. The molecule has 0 saturated carbocycles.